The highest BCUT2D eigenvalue weighted by atomic mass is 16.5. The zero-order valence-electron chi connectivity index (χ0n) is 11.1. The highest BCUT2D eigenvalue weighted by molar-refractivity contribution is 5.62. The molecule has 0 saturated carbocycles. The predicted molar refractivity (Wildman–Crippen MR) is 74.4 cm³/mol. The van der Waals surface area contributed by atoms with Crippen molar-refractivity contribution in [2.75, 3.05) is 30.8 Å². The summed E-state index contributed by atoms with van der Waals surface area (Å²) in [5.74, 6) is 0.610. The SMILES string of the molecule is Cc1c(N)cccc1NCCCOCC(C)C. The summed E-state index contributed by atoms with van der Waals surface area (Å²) in [7, 11) is 0. The largest absolute Gasteiger partial charge is 0.398 e. The fourth-order valence-corrected chi connectivity index (χ4v) is 1.56. The van der Waals surface area contributed by atoms with Crippen molar-refractivity contribution < 1.29 is 4.74 Å². The van der Waals surface area contributed by atoms with E-state index in [-0.39, 0.29) is 0 Å². The van der Waals surface area contributed by atoms with Gasteiger partial charge in [-0.2, -0.15) is 0 Å². The molecule has 0 atom stereocenters. The first-order valence-corrected chi connectivity index (χ1v) is 6.28. The molecule has 0 amide bonds. The van der Waals surface area contributed by atoms with Crippen LogP contribution in [0.5, 0.6) is 0 Å². The Balaban J connectivity index is 2.20. The Bertz CT molecular complexity index is 337. The molecule has 3 nitrogen and oxygen atoms in total. The Morgan fingerprint density at radius 1 is 1.35 bits per heavy atom. The van der Waals surface area contributed by atoms with Crippen LogP contribution in [-0.4, -0.2) is 19.8 Å². The van der Waals surface area contributed by atoms with Crippen molar-refractivity contribution in [2.45, 2.75) is 27.2 Å². The molecule has 96 valence electrons. The number of hydrogen-bond acceptors (Lipinski definition) is 3. The number of anilines is 2. The van der Waals surface area contributed by atoms with Gasteiger partial charge in [0.25, 0.3) is 0 Å². The maximum Gasteiger partial charge on any atom is 0.0489 e. The first kappa shape index (κ1) is 13.8. The molecule has 0 aliphatic rings. The highest BCUT2D eigenvalue weighted by Gasteiger charge is 2.00. The second kappa shape index (κ2) is 7.17. The van der Waals surface area contributed by atoms with Crippen molar-refractivity contribution in [3.05, 3.63) is 23.8 Å². The maximum atomic E-state index is 5.84. The Morgan fingerprint density at radius 3 is 2.82 bits per heavy atom. The number of nitrogen functional groups attached to an aromatic ring is 1. The molecule has 17 heavy (non-hydrogen) atoms. The number of ether oxygens (including phenoxy) is 1. The molecule has 0 heterocycles. The van der Waals surface area contributed by atoms with Crippen LogP contribution < -0.4 is 11.1 Å². The van der Waals surface area contributed by atoms with Gasteiger partial charge in [-0.05, 0) is 37.0 Å². The lowest BCUT2D eigenvalue weighted by atomic mass is 10.1. The van der Waals surface area contributed by atoms with E-state index in [1.54, 1.807) is 0 Å². The second-order valence-electron chi connectivity index (χ2n) is 4.77. The average Bonchev–Trinajstić information content (AvgIpc) is 2.28. The minimum atomic E-state index is 0.610. The van der Waals surface area contributed by atoms with Gasteiger partial charge < -0.3 is 15.8 Å². The van der Waals surface area contributed by atoms with Gasteiger partial charge in [-0.3, -0.25) is 0 Å². The lowest BCUT2D eigenvalue weighted by molar-refractivity contribution is 0.110. The van der Waals surface area contributed by atoms with Gasteiger partial charge >= 0.3 is 0 Å². The molecule has 1 rings (SSSR count). The first-order valence-electron chi connectivity index (χ1n) is 6.28. The maximum absolute atomic E-state index is 5.84. The Hall–Kier alpha value is -1.22. The third-order valence-corrected chi connectivity index (χ3v) is 2.61. The van der Waals surface area contributed by atoms with E-state index in [4.69, 9.17) is 10.5 Å². The zero-order chi connectivity index (χ0) is 12.7. The third kappa shape index (κ3) is 5.09. The number of nitrogens with one attached hydrogen (secondary N) is 1. The molecule has 0 fully saturated rings. The summed E-state index contributed by atoms with van der Waals surface area (Å²) in [6.45, 7) is 8.93. The van der Waals surface area contributed by atoms with Crippen LogP contribution in [0.15, 0.2) is 18.2 Å². The van der Waals surface area contributed by atoms with E-state index in [2.05, 4.69) is 25.2 Å². The van der Waals surface area contributed by atoms with Crippen molar-refractivity contribution in [3.8, 4) is 0 Å². The number of rotatable bonds is 7. The van der Waals surface area contributed by atoms with E-state index in [1.165, 1.54) is 0 Å². The van der Waals surface area contributed by atoms with Crippen LogP contribution in [0.2, 0.25) is 0 Å². The molecule has 0 saturated heterocycles. The van der Waals surface area contributed by atoms with Crippen molar-refractivity contribution in [1.29, 1.82) is 0 Å². The topological polar surface area (TPSA) is 47.3 Å². The van der Waals surface area contributed by atoms with E-state index < -0.39 is 0 Å². The normalized spacial score (nSPS) is 10.8. The minimum Gasteiger partial charge on any atom is -0.398 e. The van der Waals surface area contributed by atoms with Gasteiger partial charge in [-0.1, -0.05) is 19.9 Å². The van der Waals surface area contributed by atoms with E-state index in [9.17, 15) is 0 Å². The quantitative estimate of drug-likeness (QED) is 0.565. The van der Waals surface area contributed by atoms with Crippen LogP contribution in [-0.2, 0) is 4.74 Å². The summed E-state index contributed by atoms with van der Waals surface area (Å²) in [6, 6.07) is 5.95. The van der Waals surface area contributed by atoms with Gasteiger partial charge in [0.05, 0.1) is 0 Å². The number of benzene rings is 1. The summed E-state index contributed by atoms with van der Waals surface area (Å²) in [5.41, 5.74) is 8.92. The van der Waals surface area contributed by atoms with Gasteiger partial charge in [-0.15, -0.1) is 0 Å². The van der Waals surface area contributed by atoms with Crippen molar-refractivity contribution in [3.63, 3.8) is 0 Å². The van der Waals surface area contributed by atoms with Gasteiger partial charge in [-0.25, -0.2) is 0 Å². The zero-order valence-corrected chi connectivity index (χ0v) is 11.1. The Morgan fingerprint density at radius 2 is 2.12 bits per heavy atom. The Kier molecular flexibility index (Phi) is 5.84. The summed E-state index contributed by atoms with van der Waals surface area (Å²) in [4.78, 5) is 0. The van der Waals surface area contributed by atoms with Crippen LogP contribution in [0.25, 0.3) is 0 Å². The summed E-state index contributed by atoms with van der Waals surface area (Å²) in [6.07, 6.45) is 1.01. The van der Waals surface area contributed by atoms with Crippen LogP contribution in [0, 0.1) is 12.8 Å². The second-order valence-corrected chi connectivity index (χ2v) is 4.77. The highest BCUT2D eigenvalue weighted by Crippen LogP contribution is 2.20. The van der Waals surface area contributed by atoms with Crippen molar-refractivity contribution in [1.82, 2.24) is 0 Å². The molecular formula is C14H24N2O. The van der Waals surface area contributed by atoms with E-state index >= 15 is 0 Å². The number of nitrogens with two attached hydrogens (primary N) is 1. The van der Waals surface area contributed by atoms with E-state index in [0.717, 1.165) is 43.1 Å². The van der Waals surface area contributed by atoms with Crippen LogP contribution in [0.1, 0.15) is 25.8 Å². The summed E-state index contributed by atoms with van der Waals surface area (Å²) < 4.78 is 5.52. The van der Waals surface area contributed by atoms with Gasteiger partial charge in [0, 0.05) is 31.1 Å². The van der Waals surface area contributed by atoms with Crippen LogP contribution in [0.3, 0.4) is 0 Å². The fourth-order valence-electron chi connectivity index (χ4n) is 1.56. The summed E-state index contributed by atoms with van der Waals surface area (Å²) in [5, 5.41) is 3.38. The number of hydrogen-bond donors (Lipinski definition) is 2. The molecule has 0 unspecified atom stereocenters. The van der Waals surface area contributed by atoms with Crippen molar-refractivity contribution >= 4 is 11.4 Å². The predicted octanol–water partition coefficient (Wildman–Crippen LogP) is 3.05. The standard InChI is InChI=1S/C14H24N2O/c1-11(2)10-17-9-5-8-16-14-7-4-6-13(15)12(14)3/h4,6-7,11,16H,5,8-10,15H2,1-3H3. The van der Waals surface area contributed by atoms with Crippen molar-refractivity contribution in [2.24, 2.45) is 5.92 Å². The molecule has 0 bridgehead atoms. The molecule has 1 aromatic rings. The lowest BCUT2D eigenvalue weighted by Crippen LogP contribution is -2.09. The molecule has 0 aromatic heterocycles. The summed E-state index contributed by atoms with van der Waals surface area (Å²) >= 11 is 0. The first-order chi connectivity index (χ1) is 8.11. The molecule has 3 N–H and O–H groups in total. The smallest absolute Gasteiger partial charge is 0.0489 e. The molecule has 0 radical (unpaired) electrons. The van der Waals surface area contributed by atoms with Gasteiger partial charge in [0.2, 0.25) is 0 Å². The molecule has 0 aliphatic carbocycles. The fraction of sp³-hybridized carbons (Fsp3) is 0.571. The lowest BCUT2D eigenvalue weighted by Gasteiger charge is -2.11. The molecule has 1 aromatic carbocycles. The third-order valence-electron chi connectivity index (χ3n) is 2.61. The van der Waals surface area contributed by atoms with Gasteiger partial charge in [0.15, 0.2) is 0 Å². The van der Waals surface area contributed by atoms with Crippen LogP contribution >= 0.6 is 0 Å². The molecular weight excluding hydrogens is 212 g/mol. The molecule has 0 spiro atoms. The van der Waals surface area contributed by atoms with Gasteiger partial charge in [0.1, 0.15) is 0 Å². The minimum absolute atomic E-state index is 0.610. The monoisotopic (exact) mass is 236 g/mol. The average molecular weight is 236 g/mol. The molecule has 3 heteroatoms. The van der Waals surface area contributed by atoms with Crippen LogP contribution in [0.4, 0.5) is 11.4 Å². The van der Waals surface area contributed by atoms with E-state index in [0.29, 0.717) is 5.92 Å². The Labute approximate surface area is 104 Å². The molecule has 0 aliphatic heterocycles. The van der Waals surface area contributed by atoms with E-state index in [1.807, 2.05) is 19.1 Å².